The lowest BCUT2D eigenvalue weighted by Crippen LogP contribution is -2.44. The summed E-state index contributed by atoms with van der Waals surface area (Å²) in [7, 11) is -4.11. The van der Waals surface area contributed by atoms with Crippen molar-refractivity contribution in [2.24, 2.45) is 0 Å². The van der Waals surface area contributed by atoms with E-state index in [-0.39, 0.29) is 41.5 Å². The summed E-state index contributed by atoms with van der Waals surface area (Å²) >= 11 is 0. The lowest BCUT2D eigenvalue weighted by Gasteiger charge is -2.25. The van der Waals surface area contributed by atoms with E-state index in [4.69, 9.17) is 9.66 Å². The molecular formula is C31H33N2O7S+. The summed E-state index contributed by atoms with van der Waals surface area (Å²) in [6, 6.07) is 26.4. The van der Waals surface area contributed by atoms with Crippen molar-refractivity contribution in [1.82, 2.24) is 4.58 Å². The Morgan fingerprint density at radius 3 is 1.83 bits per heavy atom. The zero-order chi connectivity index (χ0) is 29.4. The van der Waals surface area contributed by atoms with Gasteiger partial charge in [-0.15, -0.1) is 0 Å². The minimum Gasteiger partial charge on any atom is -0.502 e. The van der Waals surface area contributed by atoms with Gasteiger partial charge in [0.25, 0.3) is 20.9 Å². The van der Waals surface area contributed by atoms with Crippen molar-refractivity contribution in [1.29, 1.82) is 0 Å². The maximum Gasteiger partial charge on any atom is 0.303 e. The number of carbonyl (C=O) groups is 1. The van der Waals surface area contributed by atoms with Crippen LogP contribution in [-0.4, -0.2) is 48.0 Å². The zero-order valence-electron chi connectivity index (χ0n) is 22.5. The van der Waals surface area contributed by atoms with E-state index in [0.29, 0.717) is 37.3 Å². The van der Waals surface area contributed by atoms with Gasteiger partial charge >= 0.3 is 5.97 Å². The molecule has 0 aliphatic rings. The smallest absolute Gasteiger partial charge is 0.303 e. The number of carboxylic acids is 1. The summed E-state index contributed by atoms with van der Waals surface area (Å²) in [5.74, 6) is -1.40. The number of aliphatic carboxylic acids is 1. The van der Waals surface area contributed by atoms with Crippen LogP contribution < -0.4 is 20.3 Å². The van der Waals surface area contributed by atoms with Crippen LogP contribution in [0.4, 0.5) is 5.69 Å². The van der Waals surface area contributed by atoms with Gasteiger partial charge in [0.2, 0.25) is 5.75 Å². The molecule has 0 fully saturated rings. The van der Waals surface area contributed by atoms with Gasteiger partial charge in [0, 0.05) is 36.3 Å². The van der Waals surface area contributed by atoms with Crippen LogP contribution in [-0.2, 0) is 28.0 Å². The quantitative estimate of drug-likeness (QED) is 0.153. The van der Waals surface area contributed by atoms with Crippen LogP contribution in [0.5, 0.6) is 5.75 Å². The normalized spacial score (nSPS) is 11.4. The summed E-state index contributed by atoms with van der Waals surface area (Å²) < 4.78 is 33.2. The van der Waals surface area contributed by atoms with Crippen LogP contribution in [0.3, 0.4) is 0 Å². The monoisotopic (exact) mass is 577 g/mol. The van der Waals surface area contributed by atoms with Gasteiger partial charge in [-0.05, 0) is 30.5 Å². The number of aromatic hydroxyl groups is 1. The van der Waals surface area contributed by atoms with Gasteiger partial charge in [-0.1, -0.05) is 72.8 Å². The molecule has 0 heterocycles. The Labute approximate surface area is 238 Å². The predicted octanol–water partition coefficient (Wildman–Crippen LogP) is 3.42. The molecule has 9 nitrogen and oxygen atoms in total. The Kier molecular flexibility index (Phi) is 9.69. The van der Waals surface area contributed by atoms with E-state index in [1.807, 2.05) is 70.1 Å². The summed E-state index contributed by atoms with van der Waals surface area (Å²) in [5.41, 5.74) is 3.23. The van der Waals surface area contributed by atoms with Gasteiger partial charge < -0.3 is 15.1 Å². The largest absolute Gasteiger partial charge is 0.502 e. The lowest BCUT2D eigenvalue weighted by atomic mass is 9.98. The third-order valence-corrected chi connectivity index (χ3v) is 7.63. The lowest BCUT2D eigenvalue weighted by molar-refractivity contribution is -0.137. The molecule has 0 radical (unpaired) electrons. The summed E-state index contributed by atoms with van der Waals surface area (Å²) in [6.07, 6.45) is 0.475. The van der Waals surface area contributed by atoms with Crippen molar-refractivity contribution in [3.8, 4) is 16.9 Å². The number of nitrogens with zero attached hydrogens (tertiary/aromatic N) is 2. The topological polar surface area (TPSA) is 135 Å². The van der Waals surface area contributed by atoms with Crippen molar-refractivity contribution in [2.75, 3.05) is 23.7 Å². The highest BCUT2D eigenvalue weighted by molar-refractivity contribution is 7.85. The summed E-state index contributed by atoms with van der Waals surface area (Å²) in [5, 5.41) is 20.3. The molecule has 0 spiro atoms. The van der Waals surface area contributed by atoms with Crippen LogP contribution in [0, 0.1) is 0 Å². The number of anilines is 1. The molecule has 0 atom stereocenters. The first kappa shape index (κ1) is 29.7. The van der Waals surface area contributed by atoms with Gasteiger partial charge in [0.05, 0.1) is 11.3 Å². The fraction of sp³-hybridized carbons (Fsp3) is 0.258. The minimum atomic E-state index is -4.11. The van der Waals surface area contributed by atoms with E-state index >= 15 is 0 Å². The fourth-order valence-electron chi connectivity index (χ4n) is 4.84. The Morgan fingerprint density at radius 1 is 0.805 bits per heavy atom. The number of carboxylic acid groups (broad SMARTS) is 1. The molecule has 0 aliphatic carbocycles. The van der Waals surface area contributed by atoms with E-state index in [1.165, 1.54) is 0 Å². The maximum atomic E-state index is 13.4. The van der Waals surface area contributed by atoms with Crippen molar-refractivity contribution < 1.29 is 28.0 Å². The Bertz CT molecular complexity index is 1620. The van der Waals surface area contributed by atoms with E-state index < -0.39 is 21.8 Å². The number of benzene rings is 3. The zero-order valence-corrected chi connectivity index (χ0v) is 23.3. The van der Waals surface area contributed by atoms with Crippen molar-refractivity contribution in [3.05, 3.63) is 112 Å². The molecule has 4 aromatic rings. The number of rotatable bonds is 14. The average Bonchev–Trinajstić information content (AvgIpc) is 2.93. The molecule has 0 aliphatic heterocycles. The third kappa shape index (κ3) is 8.12. The molecule has 41 heavy (non-hydrogen) atoms. The molecule has 4 rings (SSSR count). The van der Waals surface area contributed by atoms with Gasteiger partial charge in [0.15, 0.2) is 13.1 Å². The Balaban J connectivity index is 1.62. The molecule has 0 saturated heterocycles. The summed E-state index contributed by atoms with van der Waals surface area (Å²) in [6.45, 7) is 1.55. The van der Waals surface area contributed by atoms with Crippen LogP contribution in [0.15, 0.2) is 89.7 Å². The molecular weight excluding hydrogens is 544 g/mol. The maximum absolute atomic E-state index is 13.4. The average molecular weight is 578 g/mol. The highest BCUT2D eigenvalue weighted by atomic mass is 32.2. The summed E-state index contributed by atoms with van der Waals surface area (Å²) in [4.78, 5) is 26.2. The van der Waals surface area contributed by atoms with Gasteiger partial charge in [-0.25, -0.2) is 4.58 Å². The molecule has 3 N–H and O–H groups in total. The van der Waals surface area contributed by atoms with Crippen LogP contribution in [0.1, 0.15) is 30.4 Å². The van der Waals surface area contributed by atoms with Crippen molar-refractivity contribution in [3.63, 3.8) is 0 Å². The number of hydrogen-bond donors (Lipinski definition) is 3. The van der Waals surface area contributed by atoms with Crippen LogP contribution in [0.25, 0.3) is 11.1 Å². The first-order chi connectivity index (χ1) is 19.6. The van der Waals surface area contributed by atoms with Gasteiger partial charge in [0.1, 0.15) is 0 Å². The molecule has 214 valence electrons. The molecule has 0 unspecified atom stereocenters. The molecule has 0 aromatic heterocycles. The molecule has 10 heteroatoms. The predicted molar refractivity (Wildman–Crippen MR) is 158 cm³/mol. The molecule has 0 bridgehead atoms. The first-order valence-electron chi connectivity index (χ1n) is 13.3. The van der Waals surface area contributed by atoms with Crippen molar-refractivity contribution >= 4 is 21.8 Å². The standard InChI is InChI=1S/C31H32N2O7S/c34-27(35)13-7-18-32(19-8-20-41(38,39)40)26-16-14-25(15-17-26)28-30(36)29(31(28)37)33(21-23-9-3-1-4-10-23)22-24-11-5-2-6-12-24/h1-6,9-12,14-17H,7-8,13,18-22H2,(H2-,34,35,36,37,38,39,40)/p+1. The second-order valence-corrected chi connectivity index (χ2v) is 11.5. The van der Waals surface area contributed by atoms with E-state index in [1.54, 1.807) is 24.3 Å². The van der Waals surface area contributed by atoms with Crippen LogP contribution in [0.2, 0.25) is 0 Å². The third-order valence-electron chi connectivity index (χ3n) is 6.82. The van der Waals surface area contributed by atoms with E-state index in [2.05, 4.69) is 0 Å². The second-order valence-electron chi connectivity index (χ2n) is 9.90. The second kappa shape index (κ2) is 13.4. The van der Waals surface area contributed by atoms with Gasteiger partial charge in [-0.3, -0.25) is 14.1 Å². The van der Waals surface area contributed by atoms with E-state index in [9.17, 15) is 23.1 Å². The number of hydrogen-bond acceptors (Lipinski definition) is 6. The first-order valence-corrected chi connectivity index (χ1v) is 14.9. The Morgan fingerprint density at radius 2 is 1.34 bits per heavy atom. The Hall–Kier alpha value is -4.28. The fourth-order valence-corrected chi connectivity index (χ4v) is 5.33. The van der Waals surface area contributed by atoms with Gasteiger partial charge in [-0.2, -0.15) is 8.42 Å². The molecule has 0 saturated carbocycles. The highest BCUT2D eigenvalue weighted by Gasteiger charge is 2.28. The SMILES string of the molecule is O=C(O)CCCN(CCCS(=O)(=O)O)c1ccc(-c2c(O)c(=[N+](Cc3ccccc3)Cc3ccccc3)c2=O)cc1. The molecule has 0 amide bonds. The van der Waals surface area contributed by atoms with E-state index in [0.717, 1.165) is 11.1 Å². The molecule has 4 aromatic carbocycles. The minimum absolute atomic E-state index is 0.0385. The van der Waals surface area contributed by atoms with Crippen molar-refractivity contribution in [2.45, 2.75) is 32.4 Å². The van der Waals surface area contributed by atoms with Crippen LogP contribution >= 0.6 is 0 Å². The highest BCUT2D eigenvalue weighted by Crippen LogP contribution is 2.27.